The molecule has 0 aromatic heterocycles. The quantitative estimate of drug-likeness (QED) is 0.620. The van der Waals surface area contributed by atoms with Crippen molar-refractivity contribution in [1.29, 1.82) is 0 Å². The van der Waals surface area contributed by atoms with E-state index in [9.17, 15) is 4.39 Å². The Hall–Kier alpha value is -0.890. The van der Waals surface area contributed by atoms with Gasteiger partial charge in [-0.05, 0) is 18.1 Å². The molecule has 0 radical (unpaired) electrons. The fraction of sp³-hybridized carbons (Fsp3) is 0.400. The first-order valence-electron chi connectivity index (χ1n) is 4.21. The second-order valence-corrected chi connectivity index (χ2v) is 3.30. The molecule has 0 aliphatic carbocycles. The van der Waals surface area contributed by atoms with Crippen molar-refractivity contribution in [3.8, 4) is 0 Å². The minimum atomic E-state index is -0.825. The summed E-state index contributed by atoms with van der Waals surface area (Å²) in [6.07, 6.45) is -0.825. The monoisotopic (exact) mass is 165 g/mol. The minimum absolute atomic E-state index is 0.454. The topological polar surface area (TPSA) is 12.0 Å². The Kier molecular flexibility index (Phi) is 1.85. The molecular formula is C10H12FN. The van der Waals surface area contributed by atoms with Crippen molar-refractivity contribution in [3.05, 3.63) is 34.9 Å². The zero-order valence-corrected chi connectivity index (χ0v) is 7.10. The van der Waals surface area contributed by atoms with E-state index in [1.807, 2.05) is 25.1 Å². The van der Waals surface area contributed by atoms with Gasteiger partial charge in [-0.15, -0.1) is 0 Å². The summed E-state index contributed by atoms with van der Waals surface area (Å²) in [5.74, 6) is 0. The van der Waals surface area contributed by atoms with Gasteiger partial charge in [0.05, 0.1) is 0 Å². The number of hydrogen-bond acceptors (Lipinski definition) is 1. The van der Waals surface area contributed by atoms with Crippen LogP contribution in [0.4, 0.5) is 4.39 Å². The Balaban J connectivity index is 2.46. The molecule has 1 aromatic carbocycles. The third-order valence-corrected chi connectivity index (χ3v) is 2.27. The average molecular weight is 165 g/mol. The van der Waals surface area contributed by atoms with Crippen LogP contribution < -0.4 is 5.32 Å². The van der Waals surface area contributed by atoms with Crippen LogP contribution in [0.25, 0.3) is 0 Å². The fourth-order valence-corrected chi connectivity index (χ4v) is 1.64. The normalized spacial score (nSPS) is 22.0. The van der Waals surface area contributed by atoms with E-state index in [0.717, 1.165) is 17.7 Å². The Morgan fingerprint density at radius 2 is 2.33 bits per heavy atom. The summed E-state index contributed by atoms with van der Waals surface area (Å²) in [7, 11) is 0. The van der Waals surface area contributed by atoms with Crippen molar-refractivity contribution in [2.24, 2.45) is 0 Å². The fourth-order valence-electron chi connectivity index (χ4n) is 1.64. The van der Waals surface area contributed by atoms with Crippen LogP contribution in [0.15, 0.2) is 18.2 Å². The van der Waals surface area contributed by atoms with Gasteiger partial charge in [0.25, 0.3) is 0 Å². The molecular weight excluding hydrogens is 153 g/mol. The van der Waals surface area contributed by atoms with E-state index in [1.165, 1.54) is 5.56 Å². The van der Waals surface area contributed by atoms with Crippen molar-refractivity contribution in [1.82, 2.24) is 5.32 Å². The number of rotatable bonds is 0. The van der Waals surface area contributed by atoms with Gasteiger partial charge in [0.1, 0.15) is 6.17 Å². The van der Waals surface area contributed by atoms with Gasteiger partial charge in [0.2, 0.25) is 0 Å². The van der Waals surface area contributed by atoms with E-state index in [1.54, 1.807) is 0 Å². The van der Waals surface area contributed by atoms with Crippen molar-refractivity contribution < 1.29 is 4.39 Å². The maximum Gasteiger partial charge on any atom is 0.138 e. The van der Waals surface area contributed by atoms with E-state index in [4.69, 9.17) is 0 Å². The molecule has 1 heterocycles. The summed E-state index contributed by atoms with van der Waals surface area (Å²) in [5, 5.41) is 3.04. The van der Waals surface area contributed by atoms with Gasteiger partial charge in [-0.1, -0.05) is 23.8 Å². The summed E-state index contributed by atoms with van der Waals surface area (Å²) < 4.78 is 13.2. The molecule has 64 valence electrons. The minimum Gasteiger partial charge on any atom is -0.309 e. The summed E-state index contributed by atoms with van der Waals surface area (Å²) in [6.45, 7) is 3.29. The lowest BCUT2D eigenvalue weighted by atomic mass is 9.98. The molecule has 1 N–H and O–H groups in total. The Bertz CT molecular complexity index is 296. The predicted octanol–water partition coefficient (Wildman–Crippen LogP) is 2.11. The lowest BCUT2D eigenvalue weighted by molar-refractivity contribution is 0.310. The molecule has 1 atom stereocenters. The molecule has 0 spiro atoms. The molecule has 0 saturated carbocycles. The van der Waals surface area contributed by atoms with Crippen LogP contribution in [0.1, 0.15) is 22.9 Å². The van der Waals surface area contributed by atoms with Crippen molar-refractivity contribution >= 4 is 0 Å². The van der Waals surface area contributed by atoms with Crippen LogP contribution in [0.2, 0.25) is 0 Å². The number of alkyl halides is 1. The van der Waals surface area contributed by atoms with Gasteiger partial charge >= 0.3 is 0 Å². The standard InChI is InChI=1S/C10H12FN/c1-7-2-3-9-8(4-7)5-12-6-10(9)11/h2-4,10,12H,5-6H2,1H3/t10-/m0/s1. The number of hydrogen-bond donors (Lipinski definition) is 1. The van der Waals surface area contributed by atoms with E-state index in [-0.39, 0.29) is 0 Å². The van der Waals surface area contributed by atoms with Crippen LogP contribution in [0.3, 0.4) is 0 Å². The first kappa shape index (κ1) is 7.74. The molecule has 12 heavy (non-hydrogen) atoms. The number of nitrogens with one attached hydrogen (secondary N) is 1. The number of fused-ring (bicyclic) bond motifs is 1. The van der Waals surface area contributed by atoms with Crippen molar-refractivity contribution in [3.63, 3.8) is 0 Å². The van der Waals surface area contributed by atoms with Gasteiger partial charge in [-0.25, -0.2) is 4.39 Å². The highest BCUT2D eigenvalue weighted by Crippen LogP contribution is 2.25. The SMILES string of the molecule is Cc1ccc2c(c1)CNC[C@@H]2F. The molecule has 1 aliphatic heterocycles. The number of halogens is 1. The molecule has 2 heteroatoms. The molecule has 0 bridgehead atoms. The van der Waals surface area contributed by atoms with Crippen LogP contribution in [0, 0.1) is 6.92 Å². The van der Waals surface area contributed by atoms with E-state index >= 15 is 0 Å². The van der Waals surface area contributed by atoms with Gasteiger partial charge in [0, 0.05) is 13.1 Å². The smallest absolute Gasteiger partial charge is 0.138 e. The molecule has 0 saturated heterocycles. The van der Waals surface area contributed by atoms with Crippen LogP contribution in [-0.2, 0) is 6.54 Å². The number of aryl methyl sites for hydroxylation is 1. The van der Waals surface area contributed by atoms with Gasteiger partial charge in [-0.3, -0.25) is 0 Å². The molecule has 1 aromatic rings. The van der Waals surface area contributed by atoms with Crippen LogP contribution in [0.5, 0.6) is 0 Å². The van der Waals surface area contributed by atoms with Crippen LogP contribution in [-0.4, -0.2) is 6.54 Å². The average Bonchev–Trinajstić information content (AvgIpc) is 2.04. The highest BCUT2D eigenvalue weighted by atomic mass is 19.1. The van der Waals surface area contributed by atoms with Crippen molar-refractivity contribution in [2.45, 2.75) is 19.6 Å². The highest BCUT2D eigenvalue weighted by Gasteiger charge is 2.18. The largest absolute Gasteiger partial charge is 0.309 e. The zero-order chi connectivity index (χ0) is 8.55. The van der Waals surface area contributed by atoms with Gasteiger partial charge in [0.15, 0.2) is 0 Å². The lowest BCUT2D eigenvalue weighted by Crippen LogP contribution is -2.25. The van der Waals surface area contributed by atoms with Crippen LogP contribution >= 0.6 is 0 Å². The summed E-state index contributed by atoms with van der Waals surface area (Å²) >= 11 is 0. The molecule has 0 amide bonds. The molecule has 0 unspecified atom stereocenters. The molecule has 1 nitrogen and oxygen atoms in total. The summed E-state index contributed by atoms with van der Waals surface area (Å²) in [4.78, 5) is 0. The summed E-state index contributed by atoms with van der Waals surface area (Å²) in [5.41, 5.74) is 3.16. The Morgan fingerprint density at radius 1 is 1.50 bits per heavy atom. The highest BCUT2D eigenvalue weighted by molar-refractivity contribution is 5.34. The lowest BCUT2D eigenvalue weighted by Gasteiger charge is -2.20. The van der Waals surface area contributed by atoms with Crippen molar-refractivity contribution in [2.75, 3.05) is 6.54 Å². The Morgan fingerprint density at radius 3 is 3.17 bits per heavy atom. The van der Waals surface area contributed by atoms with E-state index in [0.29, 0.717) is 6.54 Å². The third kappa shape index (κ3) is 1.23. The first-order valence-corrected chi connectivity index (χ1v) is 4.21. The maximum absolute atomic E-state index is 13.2. The number of benzene rings is 1. The third-order valence-electron chi connectivity index (χ3n) is 2.27. The molecule has 1 aliphatic rings. The second-order valence-electron chi connectivity index (χ2n) is 3.30. The van der Waals surface area contributed by atoms with E-state index < -0.39 is 6.17 Å². The molecule has 2 rings (SSSR count). The van der Waals surface area contributed by atoms with Gasteiger partial charge < -0.3 is 5.32 Å². The van der Waals surface area contributed by atoms with E-state index in [2.05, 4.69) is 5.32 Å². The zero-order valence-electron chi connectivity index (χ0n) is 7.10. The second kappa shape index (κ2) is 2.87. The summed E-state index contributed by atoms with van der Waals surface area (Å²) in [6, 6.07) is 5.92. The van der Waals surface area contributed by atoms with Gasteiger partial charge in [-0.2, -0.15) is 0 Å². The maximum atomic E-state index is 13.2. The Labute approximate surface area is 71.6 Å². The predicted molar refractivity (Wildman–Crippen MR) is 46.7 cm³/mol. The molecule has 0 fully saturated rings. The first-order chi connectivity index (χ1) is 5.77.